The highest BCUT2D eigenvalue weighted by molar-refractivity contribution is 4.79. The maximum absolute atomic E-state index is 3.28. The highest BCUT2D eigenvalue weighted by Gasteiger charge is 2.26. The van der Waals surface area contributed by atoms with Gasteiger partial charge in [0.25, 0.3) is 0 Å². The van der Waals surface area contributed by atoms with Crippen LogP contribution in [-0.4, -0.2) is 13.6 Å². The van der Waals surface area contributed by atoms with Crippen LogP contribution in [0.5, 0.6) is 0 Å². The zero-order valence-electron chi connectivity index (χ0n) is 8.11. The molecule has 1 nitrogen and oxygen atoms in total. The van der Waals surface area contributed by atoms with Gasteiger partial charge in [-0.25, -0.2) is 0 Å². The predicted molar refractivity (Wildman–Crippen MR) is 49.7 cm³/mol. The van der Waals surface area contributed by atoms with Crippen molar-refractivity contribution in [1.29, 1.82) is 0 Å². The van der Waals surface area contributed by atoms with Crippen molar-refractivity contribution in [3.63, 3.8) is 0 Å². The SMILES string of the molecule is CNCC1CCCC(C)(C)C1. The quantitative estimate of drug-likeness (QED) is 0.646. The van der Waals surface area contributed by atoms with E-state index >= 15 is 0 Å². The zero-order chi connectivity index (χ0) is 8.32. The van der Waals surface area contributed by atoms with E-state index in [-0.39, 0.29) is 0 Å². The molecule has 1 rings (SSSR count). The molecule has 0 bridgehead atoms. The van der Waals surface area contributed by atoms with Crippen molar-refractivity contribution >= 4 is 0 Å². The second-order valence-electron chi connectivity index (χ2n) is 4.68. The smallest absolute Gasteiger partial charge is 0.00233 e. The minimum absolute atomic E-state index is 0.611. The number of hydrogen-bond donors (Lipinski definition) is 1. The van der Waals surface area contributed by atoms with Crippen molar-refractivity contribution < 1.29 is 0 Å². The second-order valence-corrected chi connectivity index (χ2v) is 4.68. The molecule has 11 heavy (non-hydrogen) atoms. The molecule has 0 aliphatic heterocycles. The fourth-order valence-corrected chi connectivity index (χ4v) is 2.32. The van der Waals surface area contributed by atoms with Gasteiger partial charge in [0.05, 0.1) is 0 Å². The Morgan fingerprint density at radius 3 is 2.73 bits per heavy atom. The van der Waals surface area contributed by atoms with E-state index in [4.69, 9.17) is 0 Å². The maximum Gasteiger partial charge on any atom is -0.00233 e. The molecule has 1 unspecified atom stereocenters. The minimum Gasteiger partial charge on any atom is -0.319 e. The molecule has 0 radical (unpaired) electrons. The van der Waals surface area contributed by atoms with Crippen LogP contribution < -0.4 is 5.32 Å². The van der Waals surface area contributed by atoms with E-state index in [1.807, 2.05) is 0 Å². The fourth-order valence-electron chi connectivity index (χ4n) is 2.32. The topological polar surface area (TPSA) is 12.0 Å². The van der Waals surface area contributed by atoms with E-state index in [9.17, 15) is 0 Å². The van der Waals surface area contributed by atoms with Crippen molar-refractivity contribution in [3.8, 4) is 0 Å². The first-order valence-electron chi connectivity index (χ1n) is 4.79. The third-order valence-corrected chi connectivity index (χ3v) is 2.80. The average Bonchev–Trinajstić information content (AvgIpc) is 1.85. The number of rotatable bonds is 2. The molecular weight excluding hydrogens is 134 g/mol. The molecule has 1 fully saturated rings. The lowest BCUT2D eigenvalue weighted by molar-refractivity contribution is 0.179. The van der Waals surface area contributed by atoms with Gasteiger partial charge in [0.15, 0.2) is 0 Å². The summed E-state index contributed by atoms with van der Waals surface area (Å²) in [6, 6.07) is 0. The lowest BCUT2D eigenvalue weighted by Gasteiger charge is -2.35. The summed E-state index contributed by atoms with van der Waals surface area (Å²) in [5.41, 5.74) is 0.611. The van der Waals surface area contributed by atoms with Crippen LogP contribution in [-0.2, 0) is 0 Å². The molecule has 0 aromatic carbocycles. The van der Waals surface area contributed by atoms with Crippen LogP contribution in [0.1, 0.15) is 39.5 Å². The third kappa shape index (κ3) is 2.82. The first kappa shape index (κ1) is 9.05. The lowest BCUT2D eigenvalue weighted by Crippen LogP contribution is -2.28. The molecule has 0 aromatic rings. The summed E-state index contributed by atoms with van der Waals surface area (Å²) in [5, 5.41) is 3.28. The molecule has 0 amide bonds. The summed E-state index contributed by atoms with van der Waals surface area (Å²) in [6.45, 7) is 6.01. The monoisotopic (exact) mass is 155 g/mol. The van der Waals surface area contributed by atoms with E-state index in [0.717, 1.165) is 5.92 Å². The highest BCUT2D eigenvalue weighted by atomic mass is 14.8. The van der Waals surface area contributed by atoms with Crippen LogP contribution >= 0.6 is 0 Å². The molecule has 1 aliphatic rings. The Hall–Kier alpha value is -0.0400. The summed E-state index contributed by atoms with van der Waals surface area (Å²) >= 11 is 0. The van der Waals surface area contributed by atoms with Gasteiger partial charge in [-0.05, 0) is 44.2 Å². The molecule has 1 saturated carbocycles. The van der Waals surface area contributed by atoms with Crippen LogP contribution in [0, 0.1) is 11.3 Å². The normalized spacial score (nSPS) is 30.3. The Morgan fingerprint density at radius 2 is 2.18 bits per heavy atom. The van der Waals surface area contributed by atoms with Crippen molar-refractivity contribution in [2.45, 2.75) is 39.5 Å². The van der Waals surface area contributed by atoms with Crippen molar-refractivity contribution in [2.24, 2.45) is 11.3 Å². The van der Waals surface area contributed by atoms with Gasteiger partial charge >= 0.3 is 0 Å². The molecule has 0 heterocycles. The maximum atomic E-state index is 3.28. The molecule has 1 N–H and O–H groups in total. The van der Waals surface area contributed by atoms with E-state index in [2.05, 4.69) is 26.2 Å². The Morgan fingerprint density at radius 1 is 1.45 bits per heavy atom. The van der Waals surface area contributed by atoms with Gasteiger partial charge in [0, 0.05) is 0 Å². The second kappa shape index (κ2) is 3.57. The fraction of sp³-hybridized carbons (Fsp3) is 1.00. The van der Waals surface area contributed by atoms with Crippen LogP contribution in [0.3, 0.4) is 0 Å². The summed E-state index contributed by atoms with van der Waals surface area (Å²) in [7, 11) is 2.06. The van der Waals surface area contributed by atoms with E-state index in [1.54, 1.807) is 0 Å². The van der Waals surface area contributed by atoms with E-state index in [0.29, 0.717) is 5.41 Å². The van der Waals surface area contributed by atoms with Crippen LogP contribution in [0.25, 0.3) is 0 Å². The minimum atomic E-state index is 0.611. The Labute approximate surface area is 70.6 Å². The molecule has 0 spiro atoms. The van der Waals surface area contributed by atoms with Gasteiger partial charge in [-0.15, -0.1) is 0 Å². The number of hydrogen-bond acceptors (Lipinski definition) is 1. The van der Waals surface area contributed by atoms with Crippen molar-refractivity contribution in [3.05, 3.63) is 0 Å². The summed E-state index contributed by atoms with van der Waals surface area (Å²) < 4.78 is 0. The first-order chi connectivity index (χ1) is 5.14. The van der Waals surface area contributed by atoms with Crippen molar-refractivity contribution in [2.75, 3.05) is 13.6 Å². The number of nitrogens with one attached hydrogen (secondary N) is 1. The molecule has 0 aromatic heterocycles. The van der Waals surface area contributed by atoms with Gasteiger partial charge in [-0.1, -0.05) is 20.3 Å². The first-order valence-corrected chi connectivity index (χ1v) is 4.79. The molecular formula is C10H21N. The molecule has 0 saturated heterocycles. The average molecular weight is 155 g/mol. The molecule has 1 atom stereocenters. The molecule has 66 valence electrons. The molecule has 1 heteroatoms. The van der Waals surface area contributed by atoms with Gasteiger partial charge in [0.2, 0.25) is 0 Å². The molecule has 1 aliphatic carbocycles. The summed E-state index contributed by atoms with van der Waals surface area (Å²) in [5.74, 6) is 0.934. The highest BCUT2D eigenvalue weighted by Crippen LogP contribution is 2.37. The van der Waals surface area contributed by atoms with Crippen LogP contribution in [0.4, 0.5) is 0 Å². The van der Waals surface area contributed by atoms with Gasteiger partial charge in [-0.3, -0.25) is 0 Å². The standard InChI is InChI=1S/C10H21N/c1-10(2)6-4-5-9(7-10)8-11-3/h9,11H,4-8H2,1-3H3. The predicted octanol–water partition coefficient (Wildman–Crippen LogP) is 2.42. The lowest BCUT2D eigenvalue weighted by atomic mass is 9.72. The van der Waals surface area contributed by atoms with E-state index in [1.165, 1.54) is 32.2 Å². The Balaban J connectivity index is 2.34. The largest absolute Gasteiger partial charge is 0.319 e. The summed E-state index contributed by atoms with van der Waals surface area (Å²) in [4.78, 5) is 0. The Kier molecular flexibility index (Phi) is 2.94. The van der Waals surface area contributed by atoms with Gasteiger partial charge in [0.1, 0.15) is 0 Å². The Bertz CT molecular complexity index is 116. The summed E-state index contributed by atoms with van der Waals surface area (Å²) in [6.07, 6.45) is 5.70. The zero-order valence-corrected chi connectivity index (χ0v) is 8.11. The van der Waals surface area contributed by atoms with E-state index < -0.39 is 0 Å². The van der Waals surface area contributed by atoms with Crippen molar-refractivity contribution in [1.82, 2.24) is 5.32 Å². The third-order valence-electron chi connectivity index (χ3n) is 2.80. The van der Waals surface area contributed by atoms with Gasteiger partial charge < -0.3 is 5.32 Å². The van der Waals surface area contributed by atoms with Crippen LogP contribution in [0.2, 0.25) is 0 Å². The van der Waals surface area contributed by atoms with Crippen LogP contribution in [0.15, 0.2) is 0 Å². The van der Waals surface area contributed by atoms with Gasteiger partial charge in [-0.2, -0.15) is 0 Å².